The van der Waals surface area contributed by atoms with Crippen molar-refractivity contribution >= 4 is 78.0 Å². The summed E-state index contributed by atoms with van der Waals surface area (Å²) in [6.45, 7) is 38.6. The van der Waals surface area contributed by atoms with Crippen LogP contribution in [0.25, 0.3) is 21.2 Å². The summed E-state index contributed by atoms with van der Waals surface area (Å²) in [6, 6.07) is 42.4. The Morgan fingerprint density at radius 1 is 0.479 bits per heavy atom. The number of thiophene rings is 1. The number of hydrogen-bond donors (Lipinski definition) is 0. The average Bonchev–Trinajstić information content (AvgIpc) is 3.67. The van der Waals surface area contributed by atoms with Crippen LogP contribution in [0.3, 0.4) is 0 Å². The van der Waals surface area contributed by atoms with Gasteiger partial charge in [0, 0.05) is 43.2 Å². The molecule has 0 N–H and O–H groups in total. The second-order valence-electron chi connectivity index (χ2n) is 28.0. The van der Waals surface area contributed by atoms with E-state index >= 15 is 0 Å². The number of anilines is 6. The predicted molar refractivity (Wildman–Crippen MR) is 311 cm³/mol. The molecule has 1 aromatic heterocycles. The van der Waals surface area contributed by atoms with Crippen molar-refractivity contribution in [3.05, 3.63) is 148 Å². The number of aryl methyl sites for hydroxylation is 1. The fourth-order valence-electron chi connectivity index (χ4n) is 13.8. The van der Waals surface area contributed by atoms with Gasteiger partial charge in [-0.25, -0.2) is 0 Å². The Bertz CT molecular complexity index is 3370. The van der Waals surface area contributed by atoms with E-state index < -0.39 is 0 Å². The van der Waals surface area contributed by atoms with Crippen LogP contribution in [0.2, 0.25) is 0 Å². The molecule has 1 fully saturated rings. The minimum Gasteiger partial charge on any atom is -0.311 e. The van der Waals surface area contributed by atoms with Crippen molar-refractivity contribution in [1.29, 1.82) is 0 Å². The van der Waals surface area contributed by atoms with Crippen molar-refractivity contribution in [1.82, 2.24) is 0 Å². The number of hydrogen-bond acceptors (Lipinski definition) is 3. The lowest BCUT2D eigenvalue weighted by molar-refractivity contribution is 0.188. The van der Waals surface area contributed by atoms with Crippen LogP contribution in [0.5, 0.6) is 0 Å². The van der Waals surface area contributed by atoms with Gasteiger partial charge < -0.3 is 9.80 Å². The SMILES string of the molecule is Cc1cc2c3c(c1)N(c1ccc4c(c1)C(C)(C)CCC4(C)C)c1c(sc4cc5c(cc14)C1(C)CCC5(C)CC1)B3c1cc(C(C)(C)C)ccc1N2c1ccc(C(C)(C)C)cc1-c1ccc(C(C)(C)C)cc1. The van der Waals surface area contributed by atoms with Crippen LogP contribution in [0.15, 0.2) is 103 Å². The lowest BCUT2D eigenvalue weighted by Crippen LogP contribution is -2.60. The molecule has 0 unspecified atom stereocenters. The summed E-state index contributed by atoms with van der Waals surface area (Å²) < 4.78 is 2.92. The topological polar surface area (TPSA) is 6.48 Å². The van der Waals surface area contributed by atoms with Crippen molar-refractivity contribution in [3.63, 3.8) is 0 Å². The Labute approximate surface area is 431 Å². The normalized spacial score (nSPS) is 21.7. The lowest BCUT2D eigenvalue weighted by atomic mass is 9.36. The van der Waals surface area contributed by atoms with Crippen LogP contribution < -0.4 is 25.5 Å². The molecule has 364 valence electrons. The van der Waals surface area contributed by atoms with Crippen LogP contribution in [-0.2, 0) is 37.9 Å². The van der Waals surface area contributed by atoms with E-state index in [-0.39, 0.29) is 44.6 Å². The molecule has 2 aliphatic heterocycles. The number of benzene rings is 6. The van der Waals surface area contributed by atoms with E-state index in [1.54, 1.807) is 11.1 Å². The smallest absolute Gasteiger partial charge is 0.264 e. The van der Waals surface area contributed by atoms with Crippen LogP contribution >= 0.6 is 11.3 Å². The van der Waals surface area contributed by atoms with Gasteiger partial charge in [-0.15, -0.1) is 11.3 Å². The fraction of sp³-hybridized carbons (Fsp3) is 0.433. The Balaban J connectivity index is 1.19. The molecule has 0 atom stereocenters. The second-order valence-corrected chi connectivity index (χ2v) is 29.1. The van der Waals surface area contributed by atoms with Crippen LogP contribution in [0, 0.1) is 6.92 Å². The summed E-state index contributed by atoms with van der Waals surface area (Å²) in [4.78, 5) is 5.44. The third-order valence-electron chi connectivity index (χ3n) is 18.8. The molecule has 6 aliphatic rings. The van der Waals surface area contributed by atoms with Gasteiger partial charge in [-0.2, -0.15) is 0 Å². The van der Waals surface area contributed by atoms with Crippen molar-refractivity contribution < 1.29 is 0 Å². The molecule has 0 radical (unpaired) electrons. The lowest BCUT2D eigenvalue weighted by Gasteiger charge is -2.52. The molecule has 1 saturated carbocycles. The summed E-state index contributed by atoms with van der Waals surface area (Å²) in [7, 11) is 0. The first kappa shape index (κ1) is 47.0. The van der Waals surface area contributed by atoms with Gasteiger partial charge in [-0.3, -0.25) is 0 Å². The Hall–Kier alpha value is -5.06. The van der Waals surface area contributed by atoms with E-state index in [9.17, 15) is 0 Å². The third kappa shape index (κ3) is 7.06. The van der Waals surface area contributed by atoms with Gasteiger partial charge in [-0.1, -0.05) is 152 Å². The first-order valence-corrected chi connectivity index (χ1v) is 27.9. The maximum Gasteiger partial charge on any atom is 0.264 e. The van der Waals surface area contributed by atoms with E-state index in [2.05, 4.69) is 235 Å². The third-order valence-corrected chi connectivity index (χ3v) is 20.0. The summed E-state index contributed by atoms with van der Waals surface area (Å²) >= 11 is 2.09. The molecular weight excluding hydrogens is 876 g/mol. The van der Waals surface area contributed by atoms with Crippen molar-refractivity contribution in [2.75, 3.05) is 9.80 Å². The maximum atomic E-state index is 2.76. The molecule has 2 nitrogen and oxygen atoms in total. The molecular formula is C67H77BN2S. The Morgan fingerprint density at radius 3 is 1.62 bits per heavy atom. The van der Waals surface area contributed by atoms with Gasteiger partial charge in [0.15, 0.2) is 0 Å². The van der Waals surface area contributed by atoms with E-state index in [0.29, 0.717) is 0 Å². The second kappa shape index (κ2) is 15.0. The van der Waals surface area contributed by atoms with Gasteiger partial charge in [0.25, 0.3) is 6.71 Å². The first-order valence-electron chi connectivity index (χ1n) is 27.1. The fourth-order valence-corrected chi connectivity index (χ4v) is 15.2. The van der Waals surface area contributed by atoms with E-state index in [0.717, 1.165) is 0 Å². The molecule has 0 saturated heterocycles. The summed E-state index contributed by atoms with van der Waals surface area (Å²) in [5, 5.41) is 1.43. The molecule has 3 heterocycles. The van der Waals surface area contributed by atoms with E-state index in [4.69, 9.17) is 0 Å². The minimum atomic E-state index is -0.0266. The highest BCUT2D eigenvalue weighted by Crippen LogP contribution is 2.59. The zero-order chi connectivity index (χ0) is 50.3. The number of rotatable bonds is 3. The highest BCUT2D eigenvalue weighted by Gasteiger charge is 2.50. The van der Waals surface area contributed by atoms with Crippen LogP contribution in [0.1, 0.15) is 187 Å². The Morgan fingerprint density at radius 2 is 1.01 bits per heavy atom. The van der Waals surface area contributed by atoms with Gasteiger partial charge in [-0.05, 0) is 199 Å². The minimum absolute atomic E-state index is 0.0159. The summed E-state index contributed by atoms with van der Waals surface area (Å²) in [6.07, 6.45) is 7.52. The molecule has 7 aromatic rings. The van der Waals surface area contributed by atoms with Gasteiger partial charge in [0.2, 0.25) is 0 Å². The quantitative estimate of drug-likeness (QED) is 0.163. The predicted octanol–water partition coefficient (Wildman–Crippen LogP) is 17.3. The molecule has 2 bridgehead atoms. The van der Waals surface area contributed by atoms with Crippen molar-refractivity contribution in [3.8, 4) is 11.1 Å². The molecule has 4 aliphatic carbocycles. The molecule has 13 rings (SSSR count). The Kier molecular flexibility index (Phi) is 9.94. The standard InChI is InChI=1S/C67H77BN2S/c1-40-33-55-58-56(34-40)70(53-25-21-43(62(5,6)7)35-46(53)41-17-19-42(20-18-41)61(2,3)4)54-26-22-44(63(8,9)10)36-52(54)68(58)60-59(69(55)45-23-24-48-49(37-45)65(13,14)28-27-64(48,11)12)47-38-50-51(39-57(47)71-60)67(16)31-29-66(50,15)30-32-67/h17-26,33-39H,27-32H2,1-16H3. The maximum absolute atomic E-state index is 2.76. The van der Waals surface area contributed by atoms with E-state index in [1.165, 1.54) is 143 Å². The zero-order valence-electron chi connectivity index (χ0n) is 45.9. The first-order chi connectivity index (χ1) is 33.2. The summed E-state index contributed by atoms with van der Waals surface area (Å²) in [5.74, 6) is 0. The highest BCUT2D eigenvalue weighted by atomic mass is 32.1. The highest BCUT2D eigenvalue weighted by molar-refractivity contribution is 7.33. The monoisotopic (exact) mass is 953 g/mol. The molecule has 71 heavy (non-hydrogen) atoms. The molecule has 0 amide bonds. The zero-order valence-corrected chi connectivity index (χ0v) is 46.8. The molecule has 0 spiro atoms. The molecule has 4 heteroatoms. The molecule has 6 aromatic carbocycles. The van der Waals surface area contributed by atoms with Crippen LogP contribution in [-0.4, -0.2) is 6.71 Å². The van der Waals surface area contributed by atoms with Gasteiger partial charge in [0.05, 0.1) is 11.4 Å². The van der Waals surface area contributed by atoms with Crippen molar-refractivity contribution in [2.45, 2.75) is 187 Å². The number of fused-ring (bicyclic) bond motifs is 9. The van der Waals surface area contributed by atoms with Gasteiger partial charge >= 0.3 is 0 Å². The number of nitrogens with zero attached hydrogens (tertiary/aromatic N) is 2. The van der Waals surface area contributed by atoms with Crippen LogP contribution in [0.4, 0.5) is 34.1 Å². The summed E-state index contributed by atoms with van der Waals surface area (Å²) in [5.41, 5.74) is 25.5. The largest absolute Gasteiger partial charge is 0.311 e. The average molecular weight is 953 g/mol. The van der Waals surface area contributed by atoms with Gasteiger partial charge in [0.1, 0.15) is 0 Å². The van der Waals surface area contributed by atoms with Crippen molar-refractivity contribution in [2.24, 2.45) is 0 Å². The van der Waals surface area contributed by atoms with E-state index in [1.807, 2.05) is 0 Å².